The standard InChI is InChI=1S/C13H14N4S/c1-2-11-12(16-7-4-14-5-8-16)15-10-3-9-18-13(10)17(11)6-1/h1-3,6,9,14H,4-5,7-8H2. The summed E-state index contributed by atoms with van der Waals surface area (Å²) in [5.41, 5.74) is 2.31. The molecule has 1 aliphatic rings. The van der Waals surface area contributed by atoms with Crippen LogP contribution in [0.3, 0.4) is 0 Å². The van der Waals surface area contributed by atoms with Crippen molar-refractivity contribution in [2.75, 3.05) is 31.1 Å². The summed E-state index contributed by atoms with van der Waals surface area (Å²) in [6.07, 6.45) is 2.13. The van der Waals surface area contributed by atoms with Crippen LogP contribution in [0.2, 0.25) is 0 Å². The number of nitrogens with zero attached hydrogens (tertiary/aromatic N) is 3. The molecule has 4 rings (SSSR count). The molecule has 0 radical (unpaired) electrons. The molecule has 1 N–H and O–H groups in total. The van der Waals surface area contributed by atoms with E-state index < -0.39 is 0 Å². The second kappa shape index (κ2) is 3.96. The van der Waals surface area contributed by atoms with E-state index in [1.807, 2.05) is 0 Å². The molecule has 92 valence electrons. The molecule has 0 saturated carbocycles. The van der Waals surface area contributed by atoms with Gasteiger partial charge in [-0.05, 0) is 23.6 Å². The van der Waals surface area contributed by atoms with Gasteiger partial charge in [0.2, 0.25) is 0 Å². The van der Waals surface area contributed by atoms with Crippen molar-refractivity contribution in [3.8, 4) is 0 Å². The number of rotatable bonds is 1. The quantitative estimate of drug-likeness (QED) is 0.724. The van der Waals surface area contributed by atoms with Crippen molar-refractivity contribution < 1.29 is 0 Å². The van der Waals surface area contributed by atoms with E-state index in [4.69, 9.17) is 4.98 Å². The Bertz CT molecular complexity index is 693. The van der Waals surface area contributed by atoms with Gasteiger partial charge in [0.05, 0.1) is 5.52 Å². The predicted octanol–water partition coefficient (Wildman–Crippen LogP) is 1.96. The number of hydrogen-bond donors (Lipinski definition) is 1. The average Bonchev–Trinajstić information content (AvgIpc) is 3.06. The number of anilines is 1. The molecule has 5 heteroatoms. The number of hydrogen-bond acceptors (Lipinski definition) is 4. The lowest BCUT2D eigenvalue weighted by atomic mass is 10.3. The first-order valence-electron chi connectivity index (χ1n) is 6.23. The molecule has 1 fully saturated rings. The van der Waals surface area contributed by atoms with Gasteiger partial charge < -0.3 is 14.6 Å². The minimum atomic E-state index is 1.03. The highest BCUT2D eigenvalue weighted by Crippen LogP contribution is 2.28. The molecule has 0 amide bonds. The minimum Gasteiger partial charge on any atom is -0.352 e. The number of piperazine rings is 1. The van der Waals surface area contributed by atoms with Crippen LogP contribution in [0.1, 0.15) is 0 Å². The summed E-state index contributed by atoms with van der Waals surface area (Å²) in [4.78, 5) is 8.46. The summed E-state index contributed by atoms with van der Waals surface area (Å²) < 4.78 is 2.25. The summed E-state index contributed by atoms with van der Waals surface area (Å²) in [5.74, 6) is 1.12. The van der Waals surface area contributed by atoms with E-state index in [-0.39, 0.29) is 0 Å². The molecule has 0 unspecified atom stereocenters. The van der Waals surface area contributed by atoms with Crippen molar-refractivity contribution in [3.05, 3.63) is 29.8 Å². The zero-order valence-electron chi connectivity index (χ0n) is 9.97. The minimum absolute atomic E-state index is 1.03. The second-order valence-electron chi connectivity index (χ2n) is 4.55. The van der Waals surface area contributed by atoms with E-state index >= 15 is 0 Å². The highest BCUT2D eigenvalue weighted by Gasteiger charge is 2.16. The molecule has 0 atom stereocenters. The fourth-order valence-electron chi connectivity index (χ4n) is 2.58. The fourth-order valence-corrected chi connectivity index (χ4v) is 3.41. The van der Waals surface area contributed by atoms with Crippen LogP contribution < -0.4 is 10.2 Å². The largest absolute Gasteiger partial charge is 0.352 e. The van der Waals surface area contributed by atoms with Gasteiger partial charge in [0.25, 0.3) is 0 Å². The Balaban J connectivity index is 1.97. The molecule has 3 aromatic heterocycles. The van der Waals surface area contributed by atoms with Crippen molar-refractivity contribution in [1.82, 2.24) is 14.7 Å². The first kappa shape index (κ1) is 10.3. The molecule has 0 aliphatic carbocycles. The molecular formula is C13H14N4S. The molecule has 0 spiro atoms. The van der Waals surface area contributed by atoms with Gasteiger partial charge in [-0.2, -0.15) is 0 Å². The second-order valence-corrected chi connectivity index (χ2v) is 5.44. The molecule has 4 heterocycles. The Hall–Kier alpha value is -1.59. The van der Waals surface area contributed by atoms with Gasteiger partial charge in [-0.25, -0.2) is 4.98 Å². The summed E-state index contributed by atoms with van der Waals surface area (Å²) in [7, 11) is 0. The molecule has 0 bridgehead atoms. The van der Waals surface area contributed by atoms with Crippen LogP contribution in [0.15, 0.2) is 29.8 Å². The molecule has 0 aromatic carbocycles. The van der Waals surface area contributed by atoms with Crippen LogP contribution in [0.25, 0.3) is 15.9 Å². The van der Waals surface area contributed by atoms with E-state index in [1.165, 1.54) is 10.3 Å². The number of thiophene rings is 1. The lowest BCUT2D eigenvalue weighted by Gasteiger charge is -2.29. The molecule has 1 aliphatic heterocycles. The topological polar surface area (TPSA) is 32.6 Å². The van der Waals surface area contributed by atoms with Crippen LogP contribution >= 0.6 is 11.3 Å². The molecule has 1 saturated heterocycles. The number of aromatic nitrogens is 2. The fraction of sp³-hybridized carbons (Fsp3) is 0.308. The molecular weight excluding hydrogens is 244 g/mol. The van der Waals surface area contributed by atoms with Crippen LogP contribution in [-0.4, -0.2) is 35.6 Å². The van der Waals surface area contributed by atoms with Gasteiger partial charge in [-0.3, -0.25) is 0 Å². The normalized spacial score (nSPS) is 16.8. The van der Waals surface area contributed by atoms with E-state index in [2.05, 4.69) is 44.4 Å². The van der Waals surface area contributed by atoms with Gasteiger partial charge in [0.15, 0.2) is 5.82 Å². The average molecular weight is 258 g/mol. The van der Waals surface area contributed by atoms with Gasteiger partial charge in [0, 0.05) is 32.4 Å². The maximum atomic E-state index is 4.85. The Morgan fingerprint density at radius 1 is 1.22 bits per heavy atom. The van der Waals surface area contributed by atoms with E-state index in [1.54, 1.807) is 11.3 Å². The van der Waals surface area contributed by atoms with Crippen molar-refractivity contribution >= 4 is 33.0 Å². The monoisotopic (exact) mass is 258 g/mol. The maximum absolute atomic E-state index is 4.85. The first-order chi connectivity index (χ1) is 8.93. The lowest BCUT2D eigenvalue weighted by molar-refractivity contribution is 0.586. The van der Waals surface area contributed by atoms with Gasteiger partial charge >= 0.3 is 0 Å². The van der Waals surface area contributed by atoms with Gasteiger partial charge in [-0.1, -0.05) is 0 Å². The van der Waals surface area contributed by atoms with Crippen LogP contribution in [0.5, 0.6) is 0 Å². The summed E-state index contributed by atoms with van der Waals surface area (Å²) >= 11 is 1.75. The molecule has 4 nitrogen and oxygen atoms in total. The van der Waals surface area contributed by atoms with E-state index in [0.29, 0.717) is 0 Å². The maximum Gasteiger partial charge on any atom is 0.153 e. The SMILES string of the molecule is c1cc2c(N3CCNCC3)nc3ccsc3n2c1. The third-order valence-electron chi connectivity index (χ3n) is 3.46. The highest BCUT2D eigenvalue weighted by atomic mass is 32.1. The van der Waals surface area contributed by atoms with Crippen molar-refractivity contribution in [2.45, 2.75) is 0 Å². The summed E-state index contributed by atoms with van der Waals surface area (Å²) in [6, 6.07) is 6.36. The predicted molar refractivity (Wildman–Crippen MR) is 75.7 cm³/mol. The van der Waals surface area contributed by atoms with Crippen molar-refractivity contribution in [2.24, 2.45) is 0 Å². The Morgan fingerprint density at radius 3 is 3.00 bits per heavy atom. The summed E-state index contributed by atoms with van der Waals surface area (Å²) in [5, 5.41) is 5.49. The van der Waals surface area contributed by atoms with Crippen LogP contribution in [0, 0.1) is 0 Å². The van der Waals surface area contributed by atoms with E-state index in [9.17, 15) is 0 Å². The highest BCUT2D eigenvalue weighted by molar-refractivity contribution is 7.16. The van der Waals surface area contributed by atoms with Crippen LogP contribution in [-0.2, 0) is 0 Å². The first-order valence-corrected chi connectivity index (χ1v) is 7.11. The smallest absolute Gasteiger partial charge is 0.153 e. The molecule has 3 aromatic rings. The summed E-state index contributed by atoms with van der Waals surface area (Å²) in [6.45, 7) is 4.14. The molecule has 18 heavy (non-hydrogen) atoms. The van der Waals surface area contributed by atoms with Crippen molar-refractivity contribution in [1.29, 1.82) is 0 Å². The Labute approximate surface area is 109 Å². The van der Waals surface area contributed by atoms with Gasteiger partial charge in [-0.15, -0.1) is 11.3 Å². The van der Waals surface area contributed by atoms with Gasteiger partial charge in [0.1, 0.15) is 10.3 Å². The van der Waals surface area contributed by atoms with E-state index in [0.717, 1.165) is 37.5 Å². The zero-order valence-corrected chi connectivity index (χ0v) is 10.8. The third kappa shape index (κ3) is 1.44. The number of nitrogens with one attached hydrogen (secondary N) is 1. The lowest BCUT2D eigenvalue weighted by Crippen LogP contribution is -2.44. The Kier molecular flexibility index (Phi) is 2.28. The third-order valence-corrected chi connectivity index (χ3v) is 4.37. The van der Waals surface area contributed by atoms with Crippen molar-refractivity contribution in [3.63, 3.8) is 0 Å². The zero-order chi connectivity index (χ0) is 11.9. The van der Waals surface area contributed by atoms with Crippen LogP contribution in [0.4, 0.5) is 5.82 Å². The number of fused-ring (bicyclic) bond motifs is 3. The Morgan fingerprint density at radius 2 is 2.11 bits per heavy atom.